The van der Waals surface area contributed by atoms with Gasteiger partial charge < -0.3 is 15.3 Å². The van der Waals surface area contributed by atoms with E-state index in [9.17, 15) is 15.3 Å². The second-order valence-electron chi connectivity index (χ2n) is 13.0. The van der Waals surface area contributed by atoms with Gasteiger partial charge in [0, 0.05) is 11.1 Å². The zero-order chi connectivity index (χ0) is 35.8. The smallest absolute Gasteiger partial charge is 0.196 e. The molecule has 0 bridgehead atoms. The van der Waals surface area contributed by atoms with Crippen molar-refractivity contribution in [1.82, 2.24) is 0 Å². The summed E-state index contributed by atoms with van der Waals surface area (Å²) in [5.74, 6) is -1.39. The molecule has 0 aromatic heterocycles. The topological polar surface area (TPSA) is 60.7 Å². The van der Waals surface area contributed by atoms with Crippen molar-refractivity contribution >= 4 is 37.9 Å². The van der Waals surface area contributed by atoms with Crippen molar-refractivity contribution in [2.75, 3.05) is 0 Å². The van der Waals surface area contributed by atoms with Crippen LogP contribution < -0.4 is 0 Å². The Morgan fingerprint density at radius 1 is 0.442 bits per heavy atom. The summed E-state index contributed by atoms with van der Waals surface area (Å²) in [6.45, 7) is 5.32. The molecule has 0 amide bonds. The highest BCUT2D eigenvalue weighted by Gasteiger charge is 2.21. The molecule has 0 aliphatic rings. The van der Waals surface area contributed by atoms with Gasteiger partial charge in [-0.2, -0.15) is 0 Å². The van der Waals surface area contributed by atoms with Crippen molar-refractivity contribution in [3.05, 3.63) is 199 Å². The van der Waals surface area contributed by atoms with Gasteiger partial charge in [0.25, 0.3) is 0 Å². The number of benzene rings is 8. The molecule has 0 unspecified atom stereocenters. The van der Waals surface area contributed by atoms with E-state index in [-0.39, 0.29) is 5.76 Å². The van der Waals surface area contributed by atoms with Gasteiger partial charge in [-0.05, 0) is 95.9 Å². The maximum atomic E-state index is 11.2. The fraction of sp³-hybridized carbons (Fsp3) is 0.0204. The lowest BCUT2D eigenvalue weighted by molar-refractivity contribution is 0.286. The minimum Gasteiger partial charge on any atom is -0.509 e. The Kier molecular flexibility index (Phi) is 8.38. The molecule has 8 rings (SSSR count). The average molecular weight is 673 g/mol. The van der Waals surface area contributed by atoms with Crippen molar-refractivity contribution in [1.29, 1.82) is 0 Å². The summed E-state index contributed by atoms with van der Waals surface area (Å²) >= 11 is 0. The standard InChI is InChI=1S/C49H36O3/c1-3-39(49(52)48(51)31(2)50)47-43-19-11-9-17-41(43)46(42-18-10-12-20-44(42)47)38-27-28-40(34-14-5-4-6-15-34)45(30-38)35-24-21-33(22-25-35)37-26-23-32-13-7-8-16-36(32)29-37/h3-30,50-52H,1H2,2H3/b48-31-,49-39-. The minimum absolute atomic E-state index is 0.330. The van der Waals surface area contributed by atoms with Crippen LogP contribution in [-0.4, -0.2) is 15.3 Å². The van der Waals surface area contributed by atoms with E-state index >= 15 is 0 Å². The molecule has 0 aliphatic heterocycles. The average Bonchev–Trinajstić information content (AvgIpc) is 3.20. The molecule has 0 aliphatic carbocycles. The van der Waals surface area contributed by atoms with Crippen molar-refractivity contribution in [3.63, 3.8) is 0 Å². The van der Waals surface area contributed by atoms with E-state index in [0.717, 1.165) is 66.1 Å². The van der Waals surface area contributed by atoms with Gasteiger partial charge >= 0.3 is 0 Å². The number of fused-ring (bicyclic) bond motifs is 3. The maximum Gasteiger partial charge on any atom is 0.196 e. The molecular formula is C49H36O3. The Morgan fingerprint density at radius 3 is 1.60 bits per heavy atom. The van der Waals surface area contributed by atoms with Gasteiger partial charge in [0.15, 0.2) is 11.5 Å². The molecule has 3 heteroatoms. The monoisotopic (exact) mass is 672 g/mol. The summed E-state index contributed by atoms with van der Waals surface area (Å²) < 4.78 is 0. The third kappa shape index (κ3) is 5.69. The zero-order valence-corrected chi connectivity index (χ0v) is 28.7. The number of aliphatic hydroxyl groups is 3. The van der Waals surface area contributed by atoms with Crippen LogP contribution >= 0.6 is 0 Å². The molecular weight excluding hydrogens is 637 g/mol. The highest BCUT2D eigenvalue weighted by molar-refractivity contribution is 6.20. The van der Waals surface area contributed by atoms with Crippen molar-refractivity contribution in [2.45, 2.75) is 6.92 Å². The Hall–Kier alpha value is -6.84. The summed E-state index contributed by atoms with van der Waals surface area (Å²) in [5.41, 5.74) is 10.00. The van der Waals surface area contributed by atoms with E-state index in [2.05, 4.69) is 128 Å². The number of allylic oxidation sites excluding steroid dienone is 3. The fourth-order valence-corrected chi connectivity index (χ4v) is 7.36. The summed E-state index contributed by atoms with van der Waals surface area (Å²) in [5, 5.41) is 38.0. The van der Waals surface area contributed by atoms with Crippen molar-refractivity contribution in [2.24, 2.45) is 0 Å². The first-order chi connectivity index (χ1) is 25.4. The quantitative estimate of drug-likeness (QED) is 0.0897. The van der Waals surface area contributed by atoms with Crippen LogP contribution in [0.5, 0.6) is 0 Å². The van der Waals surface area contributed by atoms with Gasteiger partial charge in [-0.1, -0.05) is 164 Å². The summed E-state index contributed by atoms with van der Waals surface area (Å²) in [7, 11) is 0. The van der Waals surface area contributed by atoms with E-state index in [1.807, 2.05) is 42.5 Å². The molecule has 0 saturated carbocycles. The lowest BCUT2D eigenvalue weighted by atomic mass is 9.83. The number of hydrogen-bond acceptors (Lipinski definition) is 3. The second kappa shape index (κ2) is 13.5. The van der Waals surface area contributed by atoms with Gasteiger partial charge in [0.2, 0.25) is 0 Å². The van der Waals surface area contributed by atoms with Gasteiger partial charge in [0.1, 0.15) is 5.76 Å². The van der Waals surface area contributed by atoms with E-state index in [0.29, 0.717) is 5.57 Å². The molecule has 0 fully saturated rings. The van der Waals surface area contributed by atoms with Crippen LogP contribution in [0.1, 0.15) is 12.5 Å². The maximum absolute atomic E-state index is 11.2. The van der Waals surface area contributed by atoms with E-state index in [1.54, 1.807) is 0 Å². The number of hydrogen-bond donors (Lipinski definition) is 3. The largest absolute Gasteiger partial charge is 0.509 e. The van der Waals surface area contributed by atoms with Gasteiger partial charge in [0.05, 0.1) is 0 Å². The molecule has 8 aromatic carbocycles. The SMILES string of the molecule is C=C/C(=C(O)\C(O)=C(/C)O)c1c2ccccc2c(-c2ccc(-c3ccccc3)c(-c3ccc(-c4ccc5ccccc5c4)cc3)c2)c2ccccc12. The van der Waals surface area contributed by atoms with Crippen molar-refractivity contribution < 1.29 is 15.3 Å². The molecule has 0 spiro atoms. The molecule has 8 aromatic rings. The zero-order valence-electron chi connectivity index (χ0n) is 28.7. The van der Waals surface area contributed by atoms with Crippen LogP contribution in [0.3, 0.4) is 0 Å². The highest BCUT2D eigenvalue weighted by Crippen LogP contribution is 2.45. The molecule has 0 heterocycles. The first-order valence-corrected chi connectivity index (χ1v) is 17.3. The number of rotatable bonds is 7. The Morgan fingerprint density at radius 2 is 0.962 bits per heavy atom. The molecule has 250 valence electrons. The Balaban J connectivity index is 1.35. The molecule has 52 heavy (non-hydrogen) atoms. The summed E-state index contributed by atoms with van der Waals surface area (Å²) in [4.78, 5) is 0. The molecule has 3 N–H and O–H groups in total. The van der Waals surface area contributed by atoms with Gasteiger partial charge in [-0.3, -0.25) is 0 Å². The van der Waals surface area contributed by atoms with Crippen LogP contribution in [0.25, 0.3) is 82.4 Å². The normalized spacial score (nSPS) is 12.5. The highest BCUT2D eigenvalue weighted by atomic mass is 16.3. The predicted molar refractivity (Wildman–Crippen MR) is 218 cm³/mol. The molecule has 3 nitrogen and oxygen atoms in total. The Labute approximate surface area is 303 Å². The van der Waals surface area contributed by atoms with Crippen LogP contribution in [0.2, 0.25) is 0 Å². The summed E-state index contributed by atoms with van der Waals surface area (Å²) in [6.07, 6.45) is 1.52. The van der Waals surface area contributed by atoms with Crippen LogP contribution in [-0.2, 0) is 0 Å². The van der Waals surface area contributed by atoms with Crippen LogP contribution in [0.4, 0.5) is 0 Å². The minimum atomic E-state index is -0.583. The number of aliphatic hydroxyl groups excluding tert-OH is 3. The lowest BCUT2D eigenvalue weighted by Crippen LogP contribution is -1.99. The molecule has 0 saturated heterocycles. The first-order valence-electron chi connectivity index (χ1n) is 17.3. The third-order valence-corrected chi connectivity index (χ3v) is 9.90. The van der Waals surface area contributed by atoms with Crippen LogP contribution in [0.15, 0.2) is 194 Å². The van der Waals surface area contributed by atoms with Crippen LogP contribution in [0, 0.1) is 0 Å². The van der Waals surface area contributed by atoms with E-state index in [4.69, 9.17) is 0 Å². The summed E-state index contributed by atoms with van der Waals surface area (Å²) in [6, 6.07) is 57.2. The Bertz CT molecular complexity index is 2660. The van der Waals surface area contributed by atoms with Crippen molar-refractivity contribution in [3.8, 4) is 44.5 Å². The van der Waals surface area contributed by atoms with Gasteiger partial charge in [-0.25, -0.2) is 0 Å². The lowest BCUT2D eigenvalue weighted by Gasteiger charge is -2.20. The van der Waals surface area contributed by atoms with Gasteiger partial charge in [-0.15, -0.1) is 0 Å². The van der Waals surface area contributed by atoms with E-state index < -0.39 is 11.5 Å². The first kappa shape index (κ1) is 32.4. The van der Waals surface area contributed by atoms with E-state index in [1.165, 1.54) is 29.3 Å². The fourth-order valence-electron chi connectivity index (χ4n) is 7.36. The predicted octanol–water partition coefficient (Wildman–Crippen LogP) is 13.6. The molecule has 0 atom stereocenters. The third-order valence-electron chi connectivity index (χ3n) is 9.90. The molecule has 0 radical (unpaired) electrons. The second-order valence-corrected chi connectivity index (χ2v) is 13.0.